The van der Waals surface area contributed by atoms with Crippen molar-refractivity contribution in [3.8, 4) is 17.1 Å². The minimum Gasteiger partial charge on any atom is -0.368 e. The molecule has 0 bridgehead atoms. The molecule has 1 saturated heterocycles. The Morgan fingerprint density at radius 3 is 2.45 bits per heavy atom. The zero-order valence-electron chi connectivity index (χ0n) is 22.0. The zero-order chi connectivity index (χ0) is 29.1. The molecule has 42 heavy (non-hydrogen) atoms. The van der Waals surface area contributed by atoms with Gasteiger partial charge in [0.25, 0.3) is 11.6 Å². The van der Waals surface area contributed by atoms with Crippen LogP contribution in [-0.4, -0.2) is 66.6 Å². The average molecular weight is 603 g/mol. The van der Waals surface area contributed by atoms with Crippen molar-refractivity contribution >= 4 is 40.4 Å². The SMILES string of the molecule is O=C(c1csc(CSc2nnc(-c3ccncc3)n2-c2ccccc2F)n1)N1CCN(c2ccc([N+](=O)[O-])cc2)CC1. The van der Waals surface area contributed by atoms with Crippen molar-refractivity contribution in [3.63, 3.8) is 0 Å². The number of pyridine rings is 1. The number of non-ortho nitro benzene ring substituents is 1. The van der Waals surface area contributed by atoms with Crippen LogP contribution in [0.3, 0.4) is 0 Å². The molecule has 0 N–H and O–H groups in total. The predicted octanol–water partition coefficient (Wildman–Crippen LogP) is 5.09. The molecular formula is C28H23FN8O3S2. The number of halogens is 1. The molecule has 1 fully saturated rings. The van der Waals surface area contributed by atoms with Crippen LogP contribution >= 0.6 is 23.1 Å². The number of anilines is 1. The number of nitro groups is 1. The highest BCUT2D eigenvalue weighted by Gasteiger charge is 2.25. The molecule has 5 aromatic rings. The molecule has 0 atom stereocenters. The van der Waals surface area contributed by atoms with Gasteiger partial charge in [-0.2, -0.15) is 0 Å². The maximum atomic E-state index is 14.8. The molecule has 4 heterocycles. The normalized spacial score (nSPS) is 13.4. The van der Waals surface area contributed by atoms with E-state index >= 15 is 0 Å². The molecule has 0 spiro atoms. The second-order valence-electron chi connectivity index (χ2n) is 9.30. The molecule has 3 aromatic heterocycles. The van der Waals surface area contributed by atoms with Crippen molar-refractivity contribution in [1.29, 1.82) is 0 Å². The van der Waals surface area contributed by atoms with Crippen molar-refractivity contribution in [3.05, 3.63) is 105 Å². The maximum absolute atomic E-state index is 14.8. The number of carbonyl (C=O) groups is 1. The molecule has 0 saturated carbocycles. The highest BCUT2D eigenvalue weighted by molar-refractivity contribution is 7.98. The monoisotopic (exact) mass is 602 g/mol. The van der Waals surface area contributed by atoms with E-state index < -0.39 is 10.7 Å². The van der Waals surface area contributed by atoms with E-state index in [1.807, 2.05) is 0 Å². The van der Waals surface area contributed by atoms with Crippen LogP contribution in [0.1, 0.15) is 15.5 Å². The fraction of sp³-hybridized carbons (Fsp3) is 0.179. The summed E-state index contributed by atoms with van der Waals surface area (Å²) in [5, 5.41) is 22.6. The van der Waals surface area contributed by atoms with Crippen molar-refractivity contribution in [1.82, 2.24) is 29.6 Å². The van der Waals surface area contributed by atoms with Gasteiger partial charge in [-0.1, -0.05) is 23.9 Å². The zero-order valence-corrected chi connectivity index (χ0v) is 23.7. The first-order valence-corrected chi connectivity index (χ1v) is 14.8. The van der Waals surface area contributed by atoms with Crippen LogP contribution < -0.4 is 4.90 Å². The molecule has 212 valence electrons. The van der Waals surface area contributed by atoms with Crippen molar-refractivity contribution < 1.29 is 14.1 Å². The topological polar surface area (TPSA) is 123 Å². The number of para-hydroxylation sites is 1. The number of thioether (sulfide) groups is 1. The lowest BCUT2D eigenvalue weighted by atomic mass is 10.2. The van der Waals surface area contributed by atoms with Crippen LogP contribution in [0.15, 0.2) is 83.6 Å². The first kappa shape index (κ1) is 27.5. The summed E-state index contributed by atoms with van der Waals surface area (Å²) in [5.41, 5.74) is 2.40. The van der Waals surface area contributed by atoms with Gasteiger partial charge in [0.2, 0.25) is 0 Å². The van der Waals surface area contributed by atoms with Gasteiger partial charge in [0, 0.05) is 67.3 Å². The third-order valence-electron chi connectivity index (χ3n) is 6.75. The van der Waals surface area contributed by atoms with Crippen LogP contribution in [0.4, 0.5) is 15.8 Å². The predicted molar refractivity (Wildman–Crippen MR) is 157 cm³/mol. The van der Waals surface area contributed by atoms with E-state index in [0.717, 1.165) is 16.3 Å². The maximum Gasteiger partial charge on any atom is 0.273 e. The Morgan fingerprint density at radius 1 is 1.00 bits per heavy atom. The number of thiazole rings is 1. The van der Waals surface area contributed by atoms with Gasteiger partial charge in [-0.15, -0.1) is 21.5 Å². The van der Waals surface area contributed by atoms with Gasteiger partial charge < -0.3 is 9.80 Å². The Bertz CT molecular complexity index is 1720. The second kappa shape index (κ2) is 12.0. The number of benzene rings is 2. The van der Waals surface area contributed by atoms with E-state index in [1.54, 1.807) is 69.7 Å². The third kappa shape index (κ3) is 5.71. The van der Waals surface area contributed by atoms with Crippen LogP contribution in [0, 0.1) is 15.9 Å². The van der Waals surface area contributed by atoms with Gasteiger partial charge in [-0.3, -0.25) is 24.5 Å². The van der Waals surface area contributed by atoms with Crippen LogP contribution in [0.25, 0.3) is 17.1 Å². The Hall–Kier alpha value is -4.69. The lowest BCUT2D eigenvalue weighted by Crippen LogP contribution is -2.48. The number of hydrogen-bond donors (Lipinski definition) is 0. The number of amides is 1. The minimum atomic E-state index is -0.422. The number of aromatic nitrogens is 5. The molecule has 11 nitrogen and oxygen atoms in total. The van der Waals surface area contributed by atoms with Gasteiger partial charge in [0.15, 0.2) is 11.0 Å². The summed E-state index contributed by atoms with van der Waals surface area (Å²) in [5.74, 6) is 0.382. The minimum absolute atomic E-state index is 0.0479. The first-order valence-electron chi connectivity index (χ1n) is 12.9. The van der Waals surface area contributed by atoms with E-state index in [2.05, 4.69) is 25.1 Å². The highest BCUT2D eigenvalue weighted by atomic mass is 32.2. The number of nitro benzene ring substituents is 1. The molecule has 0 radical (unpaired) electrons. The van der Waals surface area contributed by atoms with Crippen molar-refractivity contribution in [2.75, 3.05) is 31.1 Å². The van der Waals surface area contributed by atoms with Crippen LogP contribution in [-0.2, 0) is 5.75 Å². The molecule has 2 aromatic carbocycles. The Labute approximate surface area is 247 Å². The van der Waals surface area contributed by atoms with Gasteiger partial charge in [-0.25, -0.2) is 9.37 Å². The van der Waals surface area contributed by atoms with E-state index in [0.29, 0.717) is 54.3 Å². The van der Waals surface area contributed by atoms with Crippen LogP contribution in [0.2, 0.25) is 0 Å². The third-order valence-corrected chi connectivity index (χ3v) is 8.73. The van der Waals surface area contributed by atoms with Gasteiger partial charge >= 0.3 is 0 Å². The van der Waals surface area contributed by atoms with Crippen molar-refractivity contribution in [2.24, 2.45) is 0 Å². The molecule has 6 rings (SSSR count). The molecule has 1 amide bonds. The molecule has 14 heteroatoms. The number of carbonyl (C=O) groups excluding carboxylic acids is 1. The lowest BCUT2D eigenvalue weighted by molar-refractivity contribution is -0.384. The van der Waals surface area contributed by atoms with Gasteiger partial charge in [0.05, 0.1) is 16.4 Å². The summed E-state index contributed by atoms with van der Waals surface area (Å²) >= 11 is 2.75. The lowest BCUT2D eigenvalue weighted by Gasteiger charge is -2.35. The fourth-order valence-electron chi connectivity index (χ4n) is 4.62. The molecule has 1 aliphatic rings. The smallest absolute Gasteiger partial charge is 0.273 e. The second-order valence-corrected chi connectivity index (χ2v) is 11.2. The number of hydrogen-bond acceptors (Lipinski definition) is 10. The Balaban J connectivity index is 1.12. The summed E-state index contributed by atoms with van der Waals surface area (Å²) in [6.45, 7) is 2.26. The van der Waals surface area contributed by atoms with E-state index in [9.17, 15) is 19.3 Å². The van der Waals surface area contributed by atoms with Crippen molar-refractivity contribution in [2.45, 2.75) is 10.9 Å². The highest BCUT2D eigenvalue weighted by Crippen LogP contribution is 2.31. The standard InChI is InChI=1S/C28H23FN8O3S2/c29-22-3-1-2-4-24(22)36-26(19-9-11-30-12-10-19)32-33-28(36)42-18-25-31-23(17-41-25)27(38)35-15-13-34(14-16-35)20-5-7-21(8-6-20)37(39)40/h1-12,17H,13-16,18H2. The Morgan fingerprint density at radius 2 is 1.74 bits per heavy atom. The molecule has 0 unspecified atom stereocenters. The van der Waals surface area contributed by atoms with E-state index in [4.69, 9.17) is 0 Å². The van der Waals surface area contributed by atoms with Gasteiger partial charge in [-0.05, 0) is 36.4 Å². The summed E-state index contributed by atoms with van der Waals surface area (Å²) < 4.78 is 16.5. The van der Waals surface area contributed by atoms with E-state index in [1.165, 1.54) is 41.3 Å². The summed E-state index contributed by atoms with van der Waals surface area (Å²) in [4.78, 5) is 36.2. The molecule has 0 aliphatic carbocycles. The molecular weight excluding hydrogens is 579 g/mol. The summed E-state index contributed by atoms with van der Waals surface area (Å²) in [6, 6.07) is 16.5. The largest absolute Gasteiger partial charge is 0.368 e. The van der Waals surface area contributed by atoms with E-state index in [-0.39, 0.29) is 11.6 Å². The van der Waals surface area contributed by atoms with Crippen LogP contribution in [0.5, 0.6) is 0 Å². The quantitative estimate of drug-likeness (QED) is 0.136. The summed E-state index contributed by atoms with van der Waals surface area (Å²) in [7, 11) is 0. The average Bonchev–Trinajstić information content (AvgIpc) is 3.68. The number of rotatable bonds is 8. The van der Waals surface area contributed by atoms with Gasteiger partial charge in [0.1, 0.15) is 16.5 Å². The molecule has 1 aliphatic heterocycles. The first-order chi connectivity index (χ1) is 20.5. The number of nitrogens with zero attached hydrogens (tertiary/aromatic N) is 8. The Kier molecular flexibility index (Phi) is 7.88. The summed E-state index contributed by atoms with van der Waals surface area (Å²) in [6.07, 6.45) is 3.29. The number of piperazine rings is 1. The fourth-order valence-corrected chi connectivity index (χ4v) is 6.35.